The van der Waals surface area contributed by atoms with E-state index in [1.807, 2.05) is 43.6 Å². The van der Waals surface area contributed by atoms with Crippen LogP contribution in [-0.4, -0.2) is 35.1 Å². The molecule has 0 bridgehead atoms. The standard InChI is InChI=1S/C18H24N2O/c1-15-5-3-4-6-17(15)18(21)10-14-20(2)13-9-16-7-11-19-12-8-16/h3-8,11-12,18,21H,9-10,13-14H2,1-2H3. The minimum absolute atomic E-state index is 0.380. The molecule has 3 heteroatoms. The van der Waals surface area contributed by atoms with E-state index in [9.17, 15) is 5.11 Å². The quantitative estimate of drug-likeness (QED) is 0.849. The second-order valence-electron chi connectivity index (χ2n) is 5.57. The van der Waals surface area contributed by atoms with E-state index in [1.54, 1.807) is 0 Å². The van der Waals surface area contributed by atoms with Crippen molar-refractivity contribution in [2.75, 3.05) is 20.1 Å². The zero-order valence-corrected chi connectivity index (χ0v) is 12.9. The number of hydrogen-bond acceptors (Lipinski definition) is 3. The lowest BCUT2D eigenvalue weighted by molar-refractivity contribution is 0.149. The minimum Gasteiger partial charge on any atom is -0.388 e. The molecule has 3 nitrogen and oxygen atoms in total. The molecule has 112 valence electrons. The Labute approximate surface area is 127 Å². The number of benzene rings is 1. The van der Waals surface area contributed by atoms with E-state index in [2.05, 4.69) is 29.1 Å². The Bertz CT molecular complexity index is 542. The molecule has 0 fully saturated rings. The van der Waals surface area contributed by atoms with Gasteiger partial charge in [-0.2, -0.15) is 0 Å². The summed E-state index contributed by atoms with van der Waals surface area (Å²) >= 11 is 0. The number of hydrogen-bond donors (Lipinski definition) is 1. The molecule has 1 atom stereocenters. The van der Waals surface area contributed by atoms with E-state index < -0.39 is 0 Å². The maximum Gasteiger partial charge on any atom is 0.0804 e. The van der Waals surface area contributed by atoms with Crippen LogP contribution < -0.4 is 0 Å². The van der Waals surface area contributed by atoms with Crippen molar-refractivity contribution in [3.8, 4) is 0 Å². The van der Waals surface area contributed by atoms with E-state index >= 15 is 0 Å². The van der Waals surface area contributed by atoms with Crippen molar-refractivity contribution >= 4 is 0 Å². The van der Waals surface area contributed by atoms with Gasteiger partial charge in [0.05, 0.1) is 6.10 Å². The van der Waals surface area contributed by atoms with Crippen LogP contribution in [0.4, 0.5) is 0 Å². The first-order valence-corrected chi connectivity index (χ1v) is 7.48. The molecule has 21 heavy (non-hydrogen) atoms. The summed E-state index contributed by atoms with van der Waals surface area (Å²) in [5, 5.41) is 10.3. The average Bonchev–Trinajstić information content (AvgIpc) is 2.52. The van der Waals surface area contributed by atoms with Crippen LogP contribution in [0.1, 0.15) is 29.2 Å². The van der Waals surface area contributed by atoms with Crippen LogP contribution in [0.2, 0.25) is 0 Å². The van der Waals surface area contributed by atoms with Gasteiger partial charge in [0.1, 0.15) is 0 Å². The summed E-state index contributed by atoms with van der Waals surface area (Å²) in [6, 6.07) is 12.2. The van der Waals surface area contributed by atoms with E-state index in [1.165, 1.54) is 5.56 Å². The van der Waals surface area contributed by atoms with Crippen molar-refractivity contribution in [2.45, 2.75) is 25.9 Å². The predicted octanol–water partition coefficient (Wildman–Crippen LogP) is 2.99. The highest BCUT2D eigenvalue weighted by atomic mass is 16.3. The van der Waals surface area contributed by atoms with Gasteiger partial charge in [-0.1, -0.05) is 24.3 Å². The second-order valence-corrected chi connectivity index (χ2v) is 5.57. The Morgan fingerprint density at radius 2 is 1.81 bits per heavy atom. The summed E-state index contributed by atoms with van der Waals surface area (Å²) in [6.07, 6.45) is 5.06. The monoisotopic (exact) mass is 284 g/mol. The number of aliphatic hydroxyl groups is 1. The van der Waals surface area contributed by atoms with Crippen molar-refractivity contribution in [1.82, 2.24) is 9.88 Å². The van der Waals surface area contributed by atoms with Gasteiger partial charge in [0.15, 0.2) is 0 Å². The predicted molar refractivity (Wildman–Crippen MR) is 86.2 cm³/mol. The smallest absolute Gasteiger partial charge is 0.0804 e. The van der Waals surface area contributed by atoms with Crippen molar-refractivity contribution in [3.05, 3.63) is 65.5 Å². The molecule has 1 aromatic heterocycles. The number of rotatable bonds is 7. The third-order valence-corrected chi connectivity index (χ3v) is 3.86. The molecule has 0 spiro atoms. The molecule has 1 N–H and O–H groups in total. The van der Waals surface area contributed by atoms with Gasteiger partial charge in [0, 0.05) is 25.5 Å². The summed E-state index contributed by atoms with van der Waals surface area (Å²) in [5.41, 5.74) is 3.50. The molecule has 0 saturated heterocycles. The van der Waals surface area contributed by atoms with Gasteiger partial charge in [-0.3, -0.25) is 4.98 Å². The first-order chi connectivity index (χ1) is 10.2. The lowest BCUT2D eigenvalue weighted by Crippen LogP contribution is -2.24. The van der Waals surface area contributed by atoms with Crippen LogP contribution in [0.3, 0.4) is 0 Å². The van der Waals surface area contributed by atoms with Crippen molar-refractivity contribution in [2.24, 2.45) is 0 Å². The number of aryl methyl sites for hydroxylation is 1. The van der Waals surface area contributed by atoms with Crippen LogP contribution in [0.15, 0.2) is 48.8 Å². The molecule has 1 heterocycles. The SMILES string of the molecule is Cc1ccccc1C(O)CCN(C)CCc1ccncc1. The van der Waals surface area contributed by atoms with Gasteiger partial charge >= 0.3 is 0 Å². The Morgan fingerprint density at radius 3 is 2.52 bits per heavy atom. The van der Waals surface area contributed by atoms with Crippen LogP contribution in [0.25, 0.3) is 0 Å². The first kappa shape index (κ1) is 15.7. The van der Waals surface area contributed by atoms with Crippen LogP contribution >= 0.6 is 0 Å². The molecule has 1 unspecified atom stereocenters. The summed E-state index contributed by atoms with van der Waals surface area (Å²) in [4.78, 5) is 6.29. The van der Waals surface area contributed by atoms with Gasteiger partial charge in [0.25, 0.3) is 0 Å². The second kappa shape index (κ2) is 7.91. The normalized spacial score (nSPS) is 12.6. The van der Waals surface area contributed by atoms with Crippen LogP contribution in [-0.2, 0) is 6.42 Å². The summed E-state index contributed by atoms with van der Waals surface area (Å²) in [6.45, 7) is 3.93. The molecular formula is C18H24N2O. The topological polar surface area (TPSA) is 36.4 Å². The molecule has 0 saturated carbocycles. The van der Waals surface area contributed by atoms with Crippen molar-refractivity contribution < 1.29 is 5.11 Å². The molecule has 1 aromatic carbocycles. The molecule has 2 rings (SSSR count). The number of likely N-dealkylation sites (N-methyl/N-ethyl adjacent to an activating group) is 1. The lowest BCUT2D eigenvalue weighted by atomic mass is 10.0. The highest BCUT2D eigenvalue weighted by Gasteiger charge is 2.10. The van der Waals surface area contributed by atoms with Gasteiger partial charge in [-0.15, -0.1) is 0 Å². The van der Waals surface area contributed by atoms with E-state index in [4.69, 9.17) is 0 Å². The van der Waals surface area contributed by atoms with Gasteiger partial charge in [-0.25, -0.2) is 0 Å². The summed E-state index contributed by atoms with van der Waals surface area (Å²) < 4.78 is 0. The number of aromatic nitrogens is 1. The maximum absolute atomic E-state index is 10.3. The average molecular weight is 284 g/mol. The zero-order valence-electron chi connectivity index (χ0n) is 12.9. The van der Waals surface area contributed by atoms with E-state index in [-0.39, 0.29) is 6.10 Å². The molecule has 0 amide bonds. The molecule has 0 radical (unpaired) electrons. The third-order valence-electron chi connectivity index (χ3n) is 3.86. The minimum atomic E-state index is -0.380. The molecule has 0 aliphatic heterocycles. The number of aliphatic hydroxyl groups excluding tert-OH is 1. The van der Waals surface area contributed by atoms with Crippen molar-refractivity contribution in [1.29, 1.82) is 0 Å². The van der Waals surface area contributed by atoms with E-state index in [0.717, 1.165) is 37.1 Å². The van der Waals surface area contributed by atoms with Crippen molar-refractivity contribution in [3.63, 3.8) is 0 Å². The Balaban J connectivity index is 1.76. The third kappa shape index (κ3) is 4.96. The fourth-order valence-electron chi connectivity index (χ4n) is 2.44. The first-order valence-electron chi connectivity index (χ1n) is 7.48. The Hall–Kier alpha value is -1.71. The van der Waals surface area contributed by atoms with Gasteiger partial charge < -0.3 is 10.0 Å². The molecule has 0 aliphatic rings. The van der Waals surface area contributed by atoms with Gasteiger partial charge in [0.2, 0.25) is 0 Å². The number of nitrogens with zero attached hydrogens (tertiary/aromatic N) is 2. The lowest BCUT2D eigenvalue weighted by Gasteiger charge is -2.20. The maximum atomic E-state index is 10.3. The Morgan fingerprint density at radius 1 is 1.10 bits per heavy atom. The molecule has 0 aliphatic carbocycles. The zero-order chi connectivity index (χ0) is 15.1. The van der Waals surface area contributed by atoms with Gasteiger partial charge in [-0.05, 0) is 55.6 Å². The van der Waals surface area contributed by atoms with Crippen LogP contribution in [0.5, 0.6) is 0 Å². The van der Waals surface area contributed by atoms with E-state index in [0.29, 0.717) is 0 Å². The van der Waals surface area contributed by atoms with Crippen LogP contribution in [0, 0.1) is 6.92 Å². The Kier molecular flexibility index (Phi) is 5.90. The highest BCUT2D eigenvalue weighted by Crippen LogP contribution is 2.20. The number of pyridine rings is 1. The fraction of sp³-hybridized carbons (Fsp3) is 0.389. The summed E-state index contributed by atoms with van der Waals surface area (Å²) in [7, 11) is 2.10. The highest BCUT2D eigenvalue weighted by molar-refractivity contribution is 5.27. The largest absolute Gasteiger partial charge is 0.388 e. The molecule has 2 aromatic rings. The molecular weight excluding hydrogens is 260 g/mol. The summed E-state index contributed by atoms with van der Waals surface area (Å²) in [5.74, 6) is 0. The fourth-order valence-corrected chi connectivity index (χ4v) is 2.44.